The molecule has 0 atom stereocenters. The fourth-order valence-electron chi connectivity index (χ4n) is 1.59. The average molecular weight is 251 g/mol. The summed E-state index contributed by atoms with van der Waals surface area (Å²) in [5, 5.41) is 23.0. The lowest BCUT2D eigenvalue weighted by atomic mass is 10.2. The van der Waals surface area contributed by atoms with Crippen LogP contribution in [-0.4, -0.2) is 16.4 Å². The van der Waals surface area contributed by atoms with Gasteiger partial charge in [-0.25, -0.2) is 0 Å². The second-order valence-electron chi connectivity index (χ2n) is 3.57. The lowest BCUT2D eigenvalue weighted by molar-refractivity contribution is -0.422. The van der Waals surface area contributed by atoms with Gasteiger partial charge in [0.15, 0.2) is 0 Å². The van der Waals surface area contributed by atoms with Crippen molar-refractivity contribution in [1.82, 2.24) is 5.43 Å². The van der Waals surface area contributed by atoms with Crippen LogP contribution in [0.2, 0.25) is 0 Å². The van der Waals surface area contributed by atoms with Gasteiger partial charge in [-0.3, -0.25) is 30.7 Å². The topological polar surface area (TPSA) is 128 Å². The molecule has 1 aromatic rings. The van der Waals surface area contributed by atoms with Gasteiger partial charge in [-0.05, 0) is 12.1 Å². The van der Waals surface area contributed by atoms with Gasteiger partial charge in [0.25, 0.3) is 0 Å². The van der Waals surface area contributed by atoms with Crippen LogP contribution in [0.5, 0.6) is 0 Å². The summed E-state index contributed by atoms with van der Waals surface area (Å²) in [5.74, 6) is 0.427. The fraction of sp³-hybridized carbons (Fsp3) is 0.111. The number of hydrogen-bond donors (Lipinski definition) is 2. The van der Waals surface area contributed by atoms with Crippen LogP contribution in [0.1, 0.15) is 0 Å². The molecule has 0 saturated heterocycles. The standard InChI is InChI=1S/C9H9N5O4/c10-9-3-4-12(11-9)6-1-2-7(13(15)16)8(5-6)14(17)18/h1-3,5,11H,4,10H2. The van der Waals surface area contributed by atoms with E-state index in [4.69, 9.17) is 5.73 Å². The van der Waals surface area contributed by atoms with E-state index in [2.05, 4.69) is 5.43 Å². The first-order valence-electron chi connectivity index (χ1n) is 4.91. The van der Waals surface area contributed by atoms with E-state index in [1.165, 1.54) is 6.07 Å². The zero-order chi connectivity index (χ0) is 13.3. The Morgan fingerprint density at radius 2 is 1.89 bits per heavy atom. The Kier molecular flexibility index (Phi) is 2.72. The summed E-state index contributed by atoms with van der Waals surface area (Å²) in [4.78, 5) is 19.9. The zero-order valence-electron chi connectivity index (χ0n) is 9.07. The Hall–Kier alpha value is -2.84. The molecule has 0 aromatic heterocycles. The number of nitro benzene ring substituents is 2. The number of rotatable bonds is 3. The van der Waals surface area contributed by atoms with Gasteiger partial charge in [-0.15, -0.1) is 0 Å². The monoisotopic (exact) mass is 251 g/mol. The summed E-state index contributed by atoms with van der Waals surface area (Å²) in [6.07, 6.45) is 1.69. The van der Waals surface area contributed by atoms with E-state index in [1.54, 1.807) is 11.1 Å². The summed E-state index contributed by atoms with van der Waals surface area (Å²) in [5.41, 5.74) is 7.61. The quantitative estimate of drug-likeness (QED) is 0.595. The highest BCUT2D eigenvalue weighted by Gasteiger charge is 2.26. The molecular formula is C9H9N5O4. The lowest BCUT2D eigenvalue weighted by Crippen LogP contribution is -2.33. The first-order valence-corrected chi connectivity index (χ1v) is 4.91. The number of anilines is 1. The predicted molar refractivity (Wildman–Crippen MR) is 62.5 cm³/mol. The van der Waals surface area contributed by atoms with E-state index in [1.807, 2.05) is 0 Å². The van der Waals surface area contributed by atoms with Crippen molar-refractivity contribution in [1.29, 1.82) is 0 Å². The van der Waals surface area contributed by atoms with E-state index in [-0.39, 0.29) is 0 Å². The molecule has 9 nitrogen and oxygen atoms in total. The van der Waals surface area contributed by atoms with Gasteiger partial charge in [0.1, 0.15) is 5.82 Å². The van der Waals surface area contributed by atoms with Crippen LogP contribution in [0.3, 0.4) is 0 Å². The summed E-state index contributed by atoms with van der Waals surface area (Å²) in [6, 6.07) is 3.66. The minimum absolute atomic E-state index is 0.427. The van der Waals surface area contributed by atoms with Crippen LogP contribution in [-0.2, 0) is 0 Å². The third-order valence-corrected chi connectivity index (χ3v) is 2.42. The van der Waals surface area contributed by atoms with Crippen LogP contribution in [0.4, 0.5) is 17.1 Å². The molecule has 1 aromatic carbocycles. The van der Waals surface area contributed by atoms with Crippen LogP contribution in [0, 0.1) is 20.2 Å². The maximum absolute atomic E-state index is 10.8. The Labute approximate surface area is 101 Å². The van der Waals surface area contributed by atoms with E-state index in [0.29, 0.717) is 18.1 Å². The molecule has 0 bridgehead atoms. The second kappa shape index (κ2) is 4.20. The molecule has 0 radical (unpaired) electrons. The highest BCUT2D eigenvalue weighted by molar-refractivity contribution is 5.63. The van der Waals surface area contributed by atoms with Gasteiger partial charge in [0.05, 0.1) is 22.1 Å². The third kappa shape index (κ3) is 2.00. The Balaban J connectivity index is 2.38. The molecule has 18 heavy (non-hydrogen) atoms. The van der Waals surface area contributed by atoms with Gasteiger partial charge < -0.3 is 5.73 Å². The van der Waals surface area contributed by atoms with Crippen LogP contribution >= 0.6 is 0 Å². The number of nitrogens with zero attached hydrogens (tertiary/aromatic N) is 3. The Bertz CT molecular complexity index is 556. The molecule has 9 heteroatoms. The van der Waals surface area contributed by atoms with Crippen molar-refractivity contribution < 1.29 is 9.85 Å². The minimum atomic E-state index is -0.786. The van der Waals surface area contributed by atoms with Gasteiger partial charge in [-0.1, -0.05) is 0 Å². The largest absolute Gasteiger partial charge is 0.384 e. The molecule has 0 amide bonds. The van der Waals surface area contributed by atoms with Gasteiger partial charge in [-0.2, -0.15) is 0 Å². The molecule has 3 N–H and O–H groups in total. The molecule has 94 valence electrons. The SMILES string of the molecule is NC1=CCN(c2ccc([N+](=O)[O-])c([N+](=O)[O-])c2)N1. The zero-order valence-corrected chi connectivity index (χ0v) is 9.07. The van der Waals surface area contributed by atoms with E-state index in [0.717, 1.165) is 12.1 Å². The van der Waals surface area contributed by atoms with Crippen molar-refractivity contribution in [3.63, 3.8) is 0 Å². The highest BCUT2D eigenvalue weighted by Crippen LogP contribution is 2.31. The molecule has 0 spiro atoms. The summed E-state index contributed by atoms with van der Waals surface area (Å²) in [6.45, 7) is 0.431. The van der Waals surface area contributed by atoms with Crippen molar-refractivity contribution in [2.45, 2.75) is 0 Å². The molecule has 0 unspecified atom stereocenters. The van der Waals surface area contributed by atoms with E-state index >= 15 is 0 Å². The summed E-state index contributed by atoms with van der Waals surface area (Å²) in [7, 11) is 0. The molecule has 2 rings (SSSR count). The van der Waals surface area contributed by atoms with Crippen LogP contribution < -0.4 is 16.2 Å². The highest BCUT2D eigenvalue weighted by atomic mass is 16.6. The molecular weight excluding hydrogens is 242 g/mol. The van der Waals surface area contributed by atoms with Gasteiger partial charge >= 0.3 is 11.4 Å². The van der Waals surface area contributed by atoms with Crippen molar-refractivity contribution >= 4 is 17.1 Å². The molecule has 0 aliphatic carbocycles. The van der Waals surface area contributed by atoms with E-state index < -0.39 is 21.2 Å². The number of benzene rings is 1. The molecule has 1 heterocycles. The maximum atomic E-state index is 10.8. The van der Waals surface area contributed by atoms with Crippen LogP contribution in [0.25, 0.3) is 0 Å². The average Bonchev–Trinajstić information content (AvgIpc) is 2.75. The fourth-order valence-corrected chi connectivity index (χ4v) is 1.59. The molecule has 0 saturated carbocycles. The van der Waals surface area contributed by atoms with Crippen molar-refractivity contribution in [2.24, 2.45) is 5.73 Å². The Morgan fingerprint density at radius 1 is 1.22 bits per heavy atom. The van der Waals surface area contributed by atoms with Crippen molar-refractivity contribution in [2.75, 3.05) is 11.6 Å². The second-order valence-corrected chi connectivity index (χ2v) is 3.57. The number of nitrogens with one attached hydrogen (secondary N) is 1. The van der Waals surface area contributed by atoms with E-state index in [9.17, 15) is 20.2 Å². The summed E-state index contributed by atoms with van der Waals surface area (Å²) < 4.78 is 0. The predicted octanol–water partition coefficient (Wildman–Crippen LogP) is 0.628. The number of nitrogens with two attached hydrogens (primary N) is 1. The number of nitro groups is 2. The first kappa shape index (κ1) is 11.6. The molecule has 0 fully saturated rings. The van der Waals surface area contributed by atoms with Crippen molar-refractivity contribution in [3.8, 4) is 0 Å². The third-order valence-electron chi connectivity index (χ3n) is 2.42. The van der Waals surface area contributed by atoms with Gasteiger partial charge in [0.2, 0.25) is 0 Å². The van der Waals surface area contributed by atoms with Crippen molar-refractivity contribution in [3.05, 3.63) is 50.3 Å². The Morgan fingerprint density at radius 3 is 2.39 bits per heavy atom. The number of hydrazine groups is 1. The maximum Gasteiger partial charge on any atom is 0.348 e. The van der Waals surface area contributed by atoms with Crippen LogP contribution in [0.15, 0.2) is 30.1 Å². The molecule has 1 aliphatic heterocycles. The van der Waals surface area contributed by atoms with Gasteiger partial charge in [0, 0.05) is 12.1 Å². The molecule has 1 aliphatic rings. The normalized spacial score (nSPS) is 14.0. The smallest absolute Gasteiger partial charge is 0.348 e. The number of hydrogen-bond acceptors (Lipinski definition) is 7. The minimum Gasteiger partial charge on any atom is -0.384 e. The summed E-state index contributed by atoms with van der Waals surface area (Å²) >= 11 is 0. The lowest BCUT2D eigenvalue weighted by Gasteiger charge is -2.18. The first-order chi connectivity index (χ1) is 8.49.